The van der Waals surface area contributed by atoms with E-state index in [1.807, 2.05) is 43.4 Å². The van der Waals surface area contributed by atoms with Crippen LogP contribution in [0, 0.1) is 3.57 Å². The smallest absolute Gasteiger partial charge is 0.337 e. The second-order valence-electron chi connectivity index (χ2n) is 4.94. The summed E-state index contributed by atoms with van der Waals surface area (Å²) in [7, 11) is 0. The molecule has 1 amide bonds. The van der Waals surface area contributed by atoms with Crippen LogP contribution in [-0.4, -0.2) is 29.2 Å². The molecule has 0 radical (unpaired) electrons. The summed E-state index contributed by atoms with van der Waals surface area (Å²) in [5, 5.41) is 11.6. The molecule has 0 unspecified atom stereocenters. The van der Waals surface area contributed by atoms with E-state index in [-0.39, 0.29) is 23.8 Å². The first-order chi connectivity index (χ1) is 8.69. The minimum absolute atomic E-state index is 0.0657. The quantitative estimate of drug-likeness (QED) is 0.792. The Kier molecular flexibility index (Phi) is 5.30. The average molecular weight is 377 g/mol. The molecule has 5 nitrogen and oxygen atoms in total. The van der Waals surface area contributed by atoms with Crippen LogP contribution >= 0.6 is 22.6 Å². The Balaban J connectivity index is 2.77. The maximum absolute atomic E-state index is 11.7. The fraction of sp³-hybridized carbons (Fsp3) is 0.385. The molecule has 0 saturated carbocycles. The molecule has 0 bridgehead atoms. The maximum atomic E-state index is 11.7. The van der Waals surface area contributed by atoms with Crippen molar-refractivity contribution >= 4 is 40.2 Å². The minimum atomic E-state index is -1.08. The van der Waals surface area contributed by atoms with Crippen LogP contribution in [0.5, 0.6) is 0 Å². The van der Waals surface area contributed by atoms with Crippen LogP contribution in [0.4, 0.5) is 5.69 Å². The molecule has 1 aromatic rings. The molecular weight excluding hydrogens is 361 g/mol. The van der Waals surface area contributed by atoms with Gasteiger partial charge in [-0.2, -0.15) is 0 Å². The lowest BCUT2D eigenvalue weighted by atomic mass is 10.2. The van der Waals surface area contributed by atoms with Gasteiger partial charge in [0.15, 0.2) is 0 Å². The summed E-state index contributed by atoms with van der Waals surface area (Å²) < 4.78 is 6.12. The molecular formula is C13H16INO4. The van der Waals surface area contributed by atoms with Gasteiger partial charge in [-0.05, 0) is 61.6 Å². The molecule has 104 valence electrons. The van der Waals surface area contributed by atoms with Gasteiger partial charge in [-0.1, -0.05) is 0 Å². The highest BCUT2D eigenvalue weighted by atomic mass is 127. The van der Waals surface area contributed by atoms with Crippen molar-refractivity contribution < 1.29 is 19.4 Å². The number of carbonyl (C=O) groups is 2. The lowest BCUT2D eigenvalue weighted by Crippen LogP contribution is -2.27. The van der Waals surface area contributed by atoms with Gasteiger partial charge in [0.05, 0.1) is 16.9 Å². The zero-order valence-electron chi connectivity index (χ0n) is 11.0. The van der Waals surface area contributed by atoms with Crippen molar-refractivity contribution in [2.24, 2.45) is 0 Å². The summed E-state index contributed by atoms with van der Waals surface area (Å²) in [6.07, 6.45) is 0. The highest BCUT2D eigenvalue weighted by molar-refractivity contribution is 14.1. The van der Waals surface area contributed by atoms with Gasteiger partial charge in [0.2, 0.25) is 5.91 Å². The van der Waals surface area contributed by atoms with Crippen molar-refractivity contribution in [3.05, 3.63) is 27.3 Å². The fourth-order valence-corrected chi connectivity index (χ4v) is 1.76. The molecule has 0 aliphatic rings. The van der Waals surface area contributed by atoms with Crippen molar-refractivity contribution in [1.82, 2.24) is 0 Å². The molecule has 0 aliphatic heterocycles. The summed E-state index contributed by atoms with van der Waals surface area (Å²) in [6, 6.07) is 4.80. The van der Waals surface area contributed by atoms with E-state index < -0.39 is 11.6 Å². The number of ether oxygens (including phenoxy) is 1. The first-order valence-electron chi connectivity index (χ1n) is 5.66. The summed E-state index contributed by atoms with van der Waals surface area (Å²) in [4.78, 5) is 22.8. The van der Waals surface area contributed by atoms with E-state index in [0.717, 1.165) is 3.57 Å². The second-order valence-corrected chi connectivity index (χ2v) is 6.19. The van der Waals surface area contributed by atoms with E-state index in [2.05, 4.69) is 5.32 Å². The SMILES string of the molecule is CC(C)(C)OCC(=O)Nc1ccc(I)cc1C(=O)O. The van der Waals surface area contributed by atoms with Gasteiger partial charge in [0, 0.05) is 3.57 Å². The molecule has 2 N–H and O–H groups in total. The number of carboxylic acids is 1. The molecule has 0 heterocycles. The Morgan fingerprint density at radius 2 is 2.00 bits per heavy atom. The molecule has 1 rings (SSSR count). The first kappa shape index (κ1) is 15.9. The minimum Gasteiger partial charge on any atom is -0.478 e. The van der Waals surface area contributed by atoms with Crippen LogP contribution in [0.25, 0.3) is 0 Å². The average Bonchev–Trinajstić information content (AvgIpc) is 2.28. The van der Waals surface area contributed by atoms with E-state index in [1.54, 1.807) is 12.1 Å². The van der Waals surface area contributed by atoms with Gasteiger partial charge in [-0.3, -0.25) is 4.79 Å². The number of hydrogen-bond donors (Lipinski definition) is 2. The summed E-state index contributed by atoms with van der Waals surface area (Å²) in [5.41, 5.74) is -0.0783. The Morgan fingerprint density at radius 3 is 2.53 bits per heavy atom. The zero-order chi connectivity index (χ0) is 14.6. The normalized spacial score (nSPS) is 11.2. The van der Waals surface area contributed by atoms with Crippen LogP contribution in [0.15, 0.2) is 18.2 Å². The number of hydrogen-bond acceptors (Lipinski definition) is 3. The molecule has 6 heteroatoms. The van der Waals surface area contributed by atoms with Crippen molar-refractivity contribution in [2.45, 2.75) is 26.4 Å². The predicted octanol–water partition coefficient (Wildman–Crippen LogP) is 2.74. The van der Waals surface area contributed by atoms with Crippen molar-refractivity contribution in [3.63, 3.8) is 0 Å². The van der Waals surface area contributed by atoms with Crippen LogP contribution in [-0.2, 0) is 9.53 Å². The van der Waals surface area contributed by atoms with E-state index in [9.17, 15) is 9.59 Å². The van der Waals surface area contributed by atoms with Crippen LogP contribution in [0.2, 0.25) is 0 Å². The molecule has 0 saturated heterocycles. The highest BCUT2D eigenvalue weighted by Gasteiger charge is 2.16. The van der Waals surface area contributed by atoms with Crippen molar-refractivity contribution in [2.75, 3.05) is 11.9 Å². The van der Waals surface area contributed by atoms with Crippen molar-refractivity contribution in [3.8, 4) is 0 Å². The Hall–Kier alpha value is -1.15. The Labute approximate surface area is 125 Å². The van der Waals surface area contributed by atoms with Crippen LogP contribution in [0.1, 0.15) is 31.1 Å². The largest absolute Gasteiger partial charge is 0.478 e. The molecule has 1 aromatic carbocycles. The zero-order valence-corrected chi connectivity index (χ0v) is 13.1. The highest BCUT2D eigenvalue weighted by Crippen LogP contribution is 2.19. The number of carbonyl (C=O) groups excluding carboxylic acids is 1. The Morgan fingerprint density at radius 1 is 1.37 bits per heavy atom. The molecule has 0 atom stereocenters. The molecule has 0 aliphatic carbocycles. The van der Waals surface area contributed by atoms with Gasteiger partial charge in [0.1, 0.15) is 6.61 Å². The number of rotatable bonds is 4. The number of nitrogens with one attached hydrogen (secondary N) is 1. The van der Waals surface area contributed by atoms with Gasteiger partial charge >= 0.3 is 5.97 Å². The number of amides is 1. The summed E-state index contributed by atoms with van der Waals surface area (Å²) in [5.74, 6) is -1.45. The van der Waals surface area contributed by atoms with E-state index in [1.165, 1.54) is 6.07 Å². The molecule has 0 aromatic heterocycles. The number of aromatic carboxylic acids is 1. The second kappa shape index (κ2) is 6.33. The maximum Gasteiger partial charge on any atom is 0.337 e. The number of anilines is 1. The van der Waals surface area contributed by atoms with Gasteiger partial charge in [-0.15, -0.1) is 0 Å². The Bertz CT molecular complexity index is 494. The third-order valence-electron chi connectivity index (χ3n) is 2.12. The van der Waals surface area contributed by atoms with Crippen molar-refractivity contribution in [1.29, 1.82) is 0 Å². The molecule has 0 fully saturated rings. The third-order valence-corrected chi connectivity index (χ3v) is 2.79. The molecule has 19 heavy (non-hydrogen) atoms. The lowest BCUT2D eigenvalue weighted by molar-refractivity contribution is -0.125. The van der Waals surface area contributed by atoms with Crippen LogP contribution < -0.4 is 5.32 Å². The summed E-state index contributed by atoms with van der Waals surface area (Å²) in [6.45, 7) is 5.41. The monoisotopic (exact) mass is 377 g/mol. The lowest BCUT2D eigenvalue weighted by Gasteiger charge is -2.19. The third kappa shape index (κ3) is 5.56. The van der Waals surface area contributed by atoms with E-state index >= 15 is 0 Å². The number of benzene rings is 1. The fourth-order valence-electron chi connectivity index (χ4n) is 1.27. The first-order valence-corrected chi connectivity index (χ1v) is 6.73. The molecule has 0 spiro atoms. The van der Waals surface area contributed by atoms with Gasteiger partial charge in [0.25, 0.3) is 0 Å². The van der Waals surface area contributed by atoms with E-state index in [0.29, 0.717) is 0 Å². The van der Waals surface area contributed by atoms with Gasteiger partial charge < -0.3 is 15.2 Å². The predicted molar refractivity (Wildman–Crippen MR) is 80.5 cm³/mol. The topological polar surface area (TPSA) is 75.6 Å². The summed E-state index contributed by atoms with van der Waals surface area (Å²) >= 11 is 2.02. The number of halogens is 1. The number of carboxylic acid groups (broad SMARTS) is 1. The van der Waals surface area contributed by atoms with Gasteiger partial charge in [-0.25, -0.2) is 4.79 Å². The van der Waals surface area contributed by atoms with E-state index in [4.69, 9.17) is 9.84 Å². The standard InChI is InChI=1S/C13H16INO4/c1-13(2,3)19-7-11(16)15-10-5-4-8(14)6-9(10)12(17)18/h4-6H,7H2,1-3H3,(H,15,16)(H,17,18). The van der Waals surface area contributed by atoms with Crippen LogP contribution in [0.3, 0.4) is 0 Å².